The molecule has 34 heavy (non-hydrogen) atoms. The molecule has 2 N–H and O–H groups in total. The van der Waals surface area contributed by atoms with Crippen molar-refractivity contribution < 1.29 is 14.0 Å². The van der Waals surface area contributed by atoms with Gasteiger partial charge < -0.3 is 15.1 Å². The van der Waals surface area contributed by atoms with E-state index >= 15 is 0 Å². The van der Waals surface area contributed by atoms with Gasteiger partial charge in [-0.2, -0.15) is 0 Å². The van der Waals surface area contributed by atoms with E-state index in [1.54, 1.807) is 23.3 Å². The molecule has 2 aromatic carbocycles. The van der Waals surface area contributed by atoms with Crippen molar-refractivity contribution in [1.82, 2.24) is 5.32 Å². The molecule has 0 fully saturated rings. The lowest BCUT2D eigenvalue weighted by Gasteiger charge is -2.34. The Morgan fingerprint density at radius 3 is 2.65 bits per heavy atom. The molecule has 1 aromatic heterocycles. The van der Waals surface area contributed by atoms with Gasteiger partial charge in [-0.05, 0) is 54.8 Å². The number of Topliss-reactive ketones (excluding diaryl/α,β-unsaturated/α-hetero) is 1. The van der Waals surface area contributed by atoms with Crippen molar-refractivity contribution in [2.75, 3.05) is 16.8 Å². The van der Waals surface area contributed by atoms with Crippen molar-refractivity contribution in [3.8, 4) is 0 Å². The van der Waals surface area contributed by atoms with Gasteiger partial charge in [-0.3, -0.25) is 9.69 Å². The highest BCUT2D eigenvalue weighted by Gasteiger charge is 2.42. The number of rotatable bonds is 4. The van der Waals surface area contributed by atoms with Crippen LogP contribution in [-0.2, 0) is 4.79 Å². The molecule has 0 bridgehead atoms. The molecule has 174 valence electrons. The van der Waals surface area contributed by atoms with E-state index in [0.717, 1.165) is 29.1 Å². The highest BCUT2D eigenvalue weighted by Crippen LogP contribution is 2.47. The second-order valence-corrected chi connectivity index (χ2v) is 9.07. The van der Waals surface area contributed by atoms with E-state index in [-0.39, 0.29) is 17.7 Å². The number of nitrogens with one attached hydrogen (secondary N) is 2. The van der Waals surface area contributed by atoms with E-state index in [1.807, 2.05) is 55.5 Å². The molecule has 0 saturated carbocycles. The predicted octanol–water partition coefficient (Wildman–Crippen LogP) is 6.43. The summed E-state index contributed by atoms with van der Waals surface area (Å²) in [5.41, 5.74) is 3.74. The number of anilines is 2. The monoisotopic (exact) mass is 475 g/mol. The first kappa shape index (κ1) is 22.3. The van der Waals surface area contributed by atoms with Crippen LogP contribution in [0.3, 0.4) is 0 Å². The number of carbonyl (C=O) groups excluding carboxylic acids is 2. The lowest BCUT2D eigenvalue weighted by atomic mass is 9.80. The normalized spacial score (nSPS) is 19.7. The van der Waals surface area contributed by atoms with Crippen LogP contribution >= 0.6 is 11.6 Å². The molecule has 0 radical (unpaired) electrons. The van der Waals surface area contributed by atoms with Gasteiger partial charge in [0.25, 0.3) is 0 Å². The summed E-state index contributed by atoms with van der Waals surface area (Å²) in [5, 5.41) is 7.11. The van der Waals surface area contributed by atoms with Crippen LogP contribution in [0.5, 0.6) is 0 Å². The molecule has 6 nitrogen and oxygen atoms in total. The molecule has 2 amide bonds. The van der Waals surface area contributed by atoms with Gasteiger partial charge in [-0.25, -0.2) is 4.79 Å². The van der Waals surface area contributed by atoms with Crippen molar-refractivity contribution in [2.45, 2.75) is 38.1 Å². The Morgan fingerprint density at radius 1 is 1.12 bits per heavy atom. The number of furan rings is 1. The Balaban J connectivity index is 1.69. The van der Waals surface area contributed by atoms with Crippen molar-refractivity contribution in [1.29, 1.82) is 0 Å². The van der Waals surface area contributed by atoms with Gasteiger partial charge in [0, 0.05) is 35.2 Å². The molecule has 2 aliphatic rings. The number of halogens is 1. The lowest BCUT2D eigenvalue weighted by molar-refractivity contribution is -0.116. The maximum Gasteiger partial charge on any atom is 0.322 e. The van der Waals surface area contributed by atoms with Crippen LogP contribution in [0.1, 0.15) is 49.5 Å². The average molecular weight is 476 g/mol. The fourth-order valence-corrected chi connectivity index (χ4v) is 4.94. The van der Waals surface area contributed by atoms with Crippen molar-refractivity contribution in [3.05, 3.63) is 94.5 Å². The summed E-state index contributed by atoms with van der Waals surface area (Å²) in [7, 11) is 0. The Bertz CT molecular complexity index is 1230. The molecule has 5 rings (SSSR count). The molecular weight excluding hydrogens is 450 g/mol. The highest BCUT2D eigenvalue weighted by molar-refractivity contribution is 6.30. The first-order chi connectivity index (χ1) is 16.6. The third-order valence-electron chi connectivity index (χ3n) is 6.36. The van der Waals surface area contributed by atoms with Crippen LogP contribution in [0.2, 0.25) is 5.02 Å². The van der Waals surface area contributed by atoms with Crippen LogP contribution < -0.4 is 15.5 Å². The topological polar surface area (TPSA) is 74.6 Å². The van der Waals surface area contributed by atoms with Crippen molar-refractivity contribution in [3.63, 3.8) is 0 Å². The summed E-state index contributed by atoms with van der Waals surface area (Å²) < 4.78 is 5.64. The number of carbonyl (C=O) groups is 2. The molecule has 7 heteroatoms. The van der Waals surface area contributed by atoms with E-state index in [1.165, 1.54) is 0 Å². The summed E-state index contributed by atoms with van der Waals surface area (Å²) >= 11 is 6.18. The molecule has 0 saturated heterocycles. The fraction of sp³-hybridized carbons (Fsp3) is 0.259. The Morgan fingerprint density at radius 2 is 1.91 bits per heavy atom. The fourth-order valence-electron chi connectivity index (χ4n) is 4.82. The van der Waals surface area contributed by atoms with Gasteiger partial charge in [0.2, 0.25) is 0 Å². The van der Waals surface area contributed by atoms with Gasteiger partial charge in [-0.1, -0.05) is 42.8 Å². The zero-order chi connectivity index (χ0) is 23.7. The maximum atomic E-state index is 13.7. The first-order valence-electron chi connectivity index (χ1n) is 11.5. The van der Waals surface area contributed by atoms with E-state index in [4.69, 9.17) is 16.0 Å². The summed E-state index contributed by atoms with van der Waals surface area (Å²) in [4.78, 5) is 29.0. The van der Waals surface area contributed by atoms with Crippen molar-refractivity contribution >= 4 is 34.8 Å². The largest absolute Gasteiger partial charge is 0.469 e. The van der Waals surface area contributed by atoms with Crippen LogP contribution in [0.15, 0.2) is 82.6 Å². The average Bonchev–Trinajstić information content (AvgIpc) is 3.33. The Hall–Kier alpha value is -3.51. The SMILES string of the molecule is CCCNC(=O)N1c2ccccc2NC2=C(C(=O)CC(c3ccco3)C2)C1c1ccc(Cl)cc1. The zero-order valence-electron chi connectivity index (χ0n) is 18.9. The van der Waals surface area contributed by atoms with Gasteiger partial charge in [0.05, 0.1) is 23.7 Å². The van der Waals surface area contributed by atoms with Gasteiger partial charge >= 0.3 is 6.03 Å². The Labute approximate surface area is 203 Å². The molecule has 1 aliphatic carbocycles. The quantitative estimate of drug-likeness (QED) is 0.456. The minimum Gasteiger partial charge on any atom is -0.469 e. The molecule has 2 atom stereocenters. The van der Waals surface area contributed by atoms with E-state index in [9.17, 15) is 9.59 Å². The zero-order valence-corrected chi connectivity index (χ0v) is 19.6. The molecule has 2 unspecified atom stereocenters. The summed E-state index contributed by atoms with van der Waals surface area (Å²) in [6.45, 7) is 2.55. The number of allylic oxidation sites excluding steroid dienone is 1. The molecule has 3 aromatic rings. The highest BCUT2D eigenvalue weighted by atomic mass is 35.5. The van der Waals surface area contributed by atoms with Crippen LogP contribution in [0.25, 0.3) is 0 Å². The minimum absolute atomic E-state index is 0.00352. The van der Waals surface area contributed by atoms with E-state index < -0.39 is 6.04 Å². The Kier molecular flexibility index (Phi) is 6.16. The lowest BCUT2D eigenvalue weighted by Crippen LogP contribution is -2.44. The second kappa shape index (κ2) is 9.39. The second-order valence-electron chi connectivity index (χ2n) is 8.63. The van der Waals surface area contributed by atoms with Gasteiger partial charge in [0.1, 0.15) is 5.76 Å². The number of hydrogen-bond donors (Lipinski definition) is 2. The maximum absolute atomic E-state index is 13.7. The molecule has 0 spiro atoms. The predicted molar refractivity (Wildman–Crippen MR) is 133 cm³/mol. The third-order valence-corrected chi connectivity index (χ3v) is 6.62. The third kappa shape index (κ3) is 4.10. The standard InChI is InChI=1S/C27H26ClN3O3/c1-2-13-29-27(33)31-22-7-4-3-6-20(22)30-21-15-18(24-8-5-14-34-24)16-23(32)25(21)26(31)17-9-11-19(28)12-10-17/h3-12,14,18,26,30H,2,13,15-16H2,1H3,(H,29,33). The molecule has 2 heterocycles. The van der Waals surface area contributed by atoms with E-state index in [0.29, 0.717) is 35.7 Å². The van der Waals surface area contributed by atoms with Gasteiger partial charge in [0.15, 0.2) is 5.78 Å². The van der Waals surface area contributed by atoms with Crippen LogP contribution in [0.4, 0.5) is 16.2 Å². The molecular formula is C27H26ClN3O3. The number of fused-ring (bicyclic) bond motifs is 1. The minimum atomic E-state index is -0.592. The number of ketones is 1. The number of hydrogen-bond acceptors (Lipinski definition) is 4. The molecule has 1 aliphatic heterocycles. The van der Waals surface area contributed by atoms with Crippen molar-refractivity contribution in [2.24, 2.45) is 0 Å². The number of urea groups is 1. The summed E-state index contributed by atoms with van der Waals surface area (Å²) in [6, 6.07) is 17.9. The number of nitrogens with zero attached hydrogens (tertiary/aromatic N) is 1. The summed E-state index contributed by atoms with van der Waals surface area (Å²) in [5.74, 6) is 0.725. The van der Waals surface area contributed by atoms with Crippen LogP contribution in [0, 0.1) is 0 Å². The number of benzene rings is 2. The first-order valence-corrected chi connectivity index (χ1v) is 11.9. The van der Waals surface area contributed by atoms with Crippen LogP contribution in [-0.4, -0.2) is 18.4 Å². The number of para-hydroxylation sites is 2. The number of amides is 2. The van der Waals surface area contributed by atoms with Gasteiger partial charge in [-0.15, -0.1) is 0 Å². The van der Waals surface area contributed by atoms with E-state index in [2.05, 4.69) is 10.6 Å². The smallest absolute Gasteiger partial charge is 0.322 e. The summed E-state index contributed by atoms with van der Waals surface area (Å²) in [6.07, 6.45) is 3.37.